The van der Waals surface area contributed by atoms with Crippen LogP contribution in [-0.2, 0) is 0 Å². The lowest BCUT2D eigenvalue weighted by Crippen LogP contribution is -2.48. The van der Waals surface area contributed by atoms with Gasteiger partial charge in [-0.15, -0.1) is 0 Å². The number of Topliss-reactive ketones (excluding diaryl/α,β-unsaturated/α-hetero) is 1. The summed E-state index contributed by atoms with van der Waals surface area (Å²) in [6, 6.07) is 11.8. The summed E-state index contributed by atoms with van der Waals surface area (Å²) in [5.74, 6) is 0.0485. The Labute approximate surface area is 128 Å². The van der Waals surface area contributed by atoms with E-state index in [1.807, 2.05) is 36.4 Å². The fraction of sp³-hybridized carbons (Fsp3) is 0.294. The quantitative estimate of drug-likeness (QED) is 0.866. The maximum absolute atomic E-state index is 11.6. The summed E-state index contributed by atoms with van der Waals surface area (Å²) in [5.41, 5.74) is 1.76. The van der Waals surface area contributed by atoms with Crippen molar-refractivity contribution >= 4 is 28.3 Å². The van der Waals surface area contributed by atoms with Gasteiger partial charge < -0.3 is 14.9 Å². The number of ketones is 1. The Morgan fingerprint density at radius 1 is 1.05 bits per heavy atom. The number of carbonyl (C=O) groups is 2. The zero-order valence-corrected chi connectivity index (χ0v) is 12.5. The molecule has 1 saturated heterocycles. The van der Waals surface area contributed by atoms with Crippen molar-refractivity contribution < 1.29 is 14.7 Å². The van der Waals surface area contributed by atoms with Crippen LogP contribution in [0.4, 0.5) is 10.5 Å². The second-order valence-electron chi connectivity index (χ2n) is 5.53. The number of amides is 1. The van der Waals surface area contributed by atoms with Crippen LogP contribution in [0.15, 0.2) is 36.4 Å². The summed E-state index contributed by atoms with van der Waals surface area (Å²) in [4.78, 5) is 26.2. The standard InChI is InChI=1S/C17H18N2O3/c1-12(20)14-6-5-13-3-2-4-16(15(13)11-14)18-7-9-19(10-8-18)17(21)22/h2-6,11H,7-10H2,1H3,(H,21,22). The SMILES string of the molecule is CC(=O)c1ccc2cccc(N3CCN(C(=O)O)CC3)c2c1. The average Bonchev–Trinajstić information content (AvgIpc) is 2.53. The Bertz CT molecular complexity index is 734. The molecule has 1 aliphatic rings. The monoisotopic (exact) mass is 298 g/mol. The van der Waals surface area contributed by atoms with Crippen molar-refractivity contribution in [3.05, 3.63) is 42.0 Å². The molecule has 22 heavy (non-hydrogen) atoms. The van der Waals surface area contributed by atoms with Gasteiger partial charge in [0.1, 0.15) is 0 Å². The smallest absolute Gasteiger partial charge is 0.407 e. The van der Waals surface area contributed by atoms with E-state index in [4.69, 9.17) is 5.11 Å². The third-order valence-electron chi connectivity index (χ3n) is 4.16. The zero-order chi connectivity index (χ0) is 15.7. The Hall–Kier alpha value is -2.56. The van der Waals surface area contributed by atoms with E-state index >= 15 is 0 Å². The molecule has 0 bridgehead atoms. The third kappa shape index (κ3) is 2.62. The van der Waals surface area contributed by atoms with E-state index in [1.165, 1.54) is 4.90 Å². The molecule has 5 nitrogen and oxygen atoms in total. The number of piperazine rings is 1. The summed E-state index contributed by atoms with van der Waals surface area (Å²) >= 11 is 0. The molecule has 5 heteroatoms. The van der Waals surface area contributed by atoms with Gasteiger partial charge in [0.05, 0.1) is 0 Å². The van der Waals surface area contributed by atoms with Crippen LogP contribution < -0.4 is 4.90 Å². The largest absolute Gasteiger partial charge is 0.465 e. The summed E-state index contributed by atoms with van der Waals surface area (Å²) < 4.78 is 0. The fourth-order valence-corrected chi connectivity index (χ4v) is 2.89. The van der Waals surface area contributed by atoms with Gasteiger partial charge in [0.2, 0.25) is 0 Å². The van der Waals surface area contributed by atoms with Gasteiger partial charge in [-0.25, -0.2) is 4.79 Å². The molecule has 1 heterocycles. The van der Waals surface area contributed by atoms with Crippen molar-refractivity contribution in [2.45, 2.75) is 6.92 Å². The van der Waals surface area contributed by atoms with E-state index in [2.05, 4.69) is 4.90 Å². The van der Waals surface area contributed by atoms with Crippen LogP contribution in [0.3, 0.4) is 0 Å². The Morgan fingerprint density at radius 3 is 2.41 bits per heavy atom. The number of carbonyl (C=O) groups excluding carboxylic acids is 1. The second-order valence-corrected chi connectivity index (χ2v) is 5.53. The number of fused-ring (bicyclic) bond motifs is 1. The van der Waals surface area contributed by atoms with Crippen molar-refractivity contribution in [1.82, 2.24) is 4.90 Å². The molecular formula is C17H18N2O3. The highest BCUT2D eigenvalue weighted by atomic mass is 16.4. The Balaban J connectivity index is 1.95. The van der Waals surface area contributed by atoms with Crippen molar-refractivity contribution in [3.8, 4) is 0 Å². The van der Waals surface area contributed by atoms with Crippen LogP contribution in [0.5, 0.6) is 0 Å². The van der Waals surface area contributed by atoms with Crippen LogP contribution in [0.2, 0.25) is 0 Å². The summed E-state index contributed by atoms with van der Waals surface area (Å²) in [7, 11) is 0. The lowest BCUT2D eigenvalue weighted by molar-refractivity contribution is 0.101. The zero-order valence-electron chi connectivity index (χ0n) is 12.5. The number of carboxylic acid groups (broad SMARTS) is 1. The molecule has 2 aromatic carbocycles. The highest BCUT2D eigenvalue weighted by Gasteiger charge is 2.21. The first-order valence-electron chi connectivity index (χ1n) is 7.33. The first-order chi connectivity index (χ1) is 10.6. The number of benzene rings is 2. The lowest BCUT2D eigenvalue weighted by Gasteiger charge is -2.35. The Morgan fingerprint density at radius 2 is 1.77 bits per heavy atom. The van der Waals surface area contributed by atoms with Crippen molar-refractivity contribution in [2.75, 3.05) is 31.1 Å². The lowest BCUT2D eigenvalue weighted by atomic mass is 10.0. The van der Waals surface area contributed by atoms with Gasteiger partial charge in [-0.1, -0.05) is 24.3 Å². The second kappa shape index (κ2) is 5.67. The van der Waals surface area contributed by atoms with Gasteiger partial charge in [-0.2, -0.15) is 0 Å². The van der Waals surface area contributed by atoms with Gasteiger partial charge in [0.15, 0.2) is 5.78 Å². The Kier molecular flexibility index (Phi) is 3.71. The highest BCUT2D eigenvalue weighted by Crippen LogP contribution is 2.28. The summed E-state index contributed by atoms with van der Waals surface area (Å²) in [5, 5.41) is 11.2. The molecule has 2 aromatic rings. The minimum Gasteiger partial charge on any atom is -0.465 e. The van der Waals surface area contributed by atoms with E-state index in [9.17, 15) is 9.59 Å². The summed E-state index contributed by atoms with van der Waals surface area (Å²) in [6.45, 7) is 3.89. The maximum atomic E-state index is 11.6. The summed E-state index contributed by atoms with van der Waals surface area (Å²) in [6.07, 6.45) is -0.864. The third-order valence-corrected chi connectivity index (χ3v) is 4.16. The number of hydrogen-bond donors (Lipinski definition) is 1. The minimum absolute atomic E-state index is 0.0485. The highest BCUT2D eigenvalue weighted by molar-refractivity contribution is 6.02. The van der Waals surface area contributed by atoms with Gasteiger partial charge in [0, 0.05) is 42.8 Å². The molecule has 3 rings (SSSR count). The van der Waals surface area contributed by atoms with E-state index in [-0.39, 0.29) is 5.78 Å². The van der Waals surface area contributed by atoms with E-state index in [0.717, 1.165) is 16.5 Å². The van der Waals surface area contributed by atoms with Gasteiger partial charge >= 0.3 is 6.09 Å². The molecule has 114 valence electrons. The predicted octanol–water partition coefficient (Wildman–Crippen LogP) is 2.84. The normalized spacial score (nSPS) is 15.1. The first kappa shape index (κ1) is 14.4. The number of rotatable bonds is 2. The molecule has 1 fully saturated rings. The van der Waals surface area contributed by atoms with Gasteiger partial charge in [0.25, 0.3) is 0 Å². The molecule has 0 spiro atoms. The molecule has 1 aliphatic heterocycles. The molecule has 1 amide bonds. The predicted molar refractivity (Wildman–Crippen MR) is 85.8 cm³/mol. The molecule has 1 N–H and O–H groups in total. The number of anilines is 1. The van der Waals surface area contributed by atoms with Gasteiger partial charge in [-0.05, 0) is 24.4 Å². The molecule has 0 unspecified atom stereocenters. The average molecular weight is 298 g/mol. The first-order valence-corrected chi connectivity index (χ1v) is 7.33. The van der Waals surface area contributed by atoms with Gasteiger partial charge in [-0.3, -0.25) is 4.79 Å². The van der Waals surface area contributed by atoms with Crippen molar-refractivity contribution in [2.24, 2.45) is 0 Å². The van der Waals surface area contributed by atoms with Crippen molar-refractivity contribution in [1.29, 1.82) is 0 Å². The molecule has 0 aromatic heterocycles. The molecule has 0 radical (unpaired) electrons. The fourth-order valence-electron chi connectivity index (χ4n) is 2.89. The van der Waals surface area contributed by atoms with Crippen LogP contribution in [0, 0.1) is 0 Å². The molecular weight excluding hydrogens is 280 g/mol. The number of hydrogen-bond acceptors (Lipinski definition) is 3. The van der Waals surface area contributed by atoms with Crippen LogP contribution in [-0.4, -0.2) is 48.1 Å². The topological polar surface area (TPSA) is 60.9 Å². The van der Waals surface area contributed by atoms with E-state index in [1.54, 1.807) is 6.92 Å². The molecule has 0 aliphatic carbocycles. The van der Waals surface area contributed by atoms with E-state index in [0.29, 0.717) is 31.7 Å². The number of nitrogens with zero attached hydrogens (tertiary/aromatic N) is 2. The molecule has 0 saturated carbocycles. The minimum atomic E-state index is -0.864. The van der Waals surface area contributed by atoms with Crippen LogP contribution in [0.1, 0.15) is 17.3 Å². The van der Waals surface area contributed by atoms with Crippen molar-refractivity contribution in [3.63, 3.8) is 0 Å². The molecule has 0 atom stereocenters. The van der Waals surface area contributed by atoms with Crippen LogP contribution >= 0.6 is 0 Å². The van der Waals surface area contributed by atoms with E-state index < -0.39 is 6.09 Å². The van der Waals surface area contributed by atoms with Crippen LogP contribution in [0.25, 0.3) is 10.8 Å². The maximum Gasteiger partial charge on any atom is 0.407 e.